The van der Waals surface area contributed by atoms with Crippen LogP contribution >= 0.6 is 0 Å². The summed E-state index contributed by atoms with van der Waals surface area (Å²) in [6.07, 6.45) is 1.59. The first-order chi connectivity index (χ1) is 7.81. The molecule has 0 unspecified atom stereocenters. The van der Waals surface area contributed by atoms with E-state index in [9.17, 15) is 0 Å². The monoisotopic (exact) mass is 223 g/mol. The summed E-state index contributed by atoms with van der Waals surface area (Å²) in [4.78, 5) is 4.15. The Balaban J connectivity index is 2.05. The lowest BCUT2D eigenvalue weighted by molar-refractivity contribution is 0.104. The Kier molecular flexibility index (Phi) is 3.33. The van der Waals surface area contributed by atoms with Crippen molar-refractivity contribution in [3.63, 3.8) is 0 Å². The van der Waals surface area contributed by atoms with E-state index in [1.807, 2.05) is 13.0 Å². The van der Waals surface area contributed by atoms with Crippen molar-refractivity contribution < 1.29 is 13.7 Å². The molecule has 0 bridgehead atoms. The van der Waals surface area contributed by atoms with Crippen LogP contribution in [0.1, 0.15) is 11.5 Å². The van der Waals surface area contributed by atoms with Gasteiger partial charge < -0.3 is 19.4 Å². The van der Waals surface area contributed by atoms with Crippen LogP contribution in [-0.2, 0) is 11.3 Å². The topological polar surface area (TPSA) is 87.3 Å². The van der Waals surface area contributed by atoms with Crippen LogP contribution in [0.5, 0.6) is 0 Å². The van der Waals surface area contributed by atoms with Crippen molar-refractivity contribution in [2.75, 3.05) is 13.2 Å². The van der Waals surface area contributed by atoms with E-state index in [4.69, 9.17) is 19.4 Å². The molecule has 2 aromatic heterocycles. The van der Waals surface area contributed by atoms with Crippen LogP contribution < -0.4 is 5.73 Å². The van der Waals surface area contributed by atoms with Crippen LogP contribution in [0.2, 0.25) is 0 Å². The number of aromatic nitrogens is 2. The molecule has 2 N–H and O–H groups in total. The molecule has 0 aliphatic carbocycles. The highest BCUT2D eigenvalue weighted by atomic mass is 16.5. The number of rotatable bonds is 5. The molecule has 0 radical (unpaired) electrons. The van der Waals surface area contributed by atoms with Crippen LogP contribution in [0.4, 0.5) is 0 Å². The first-order valence-electron chi connectivity index (χ1n) is 4.96. The fourth-order valence-corrected chi connectivity index (χ4v) is 1.25. The van der Waals surface area contributed by atoms with Crippen LogP contribution in [0, 0.1) is 6.92 Å². The van der Waals surface area contributed by atoms with Crippen LogP contribution in [0.15, 0.2) is 21.3 Å². The molecule has 6 heteroatoms. The van der Waals surface area contributed by atoms with Crippen molar-refractivity contribution in [1.82, 2.24) is 10.1 Å². The number of hydrogen-bond donors (Lipinski definition) is 1. The normalized spacial score (nSPS) is 10.9. The minimum atomic E-state index is 0.268. The van der Waals surface area contributed by atoms with Crippen LogP contribution in [0.25, 0.3) is 11.6 Å². The molecule has 86 valence electrons. The van der Waals surface area contributed by atoms with Crippen LogP contribution in [-0.4, -0.2) is 23.3 Å². The Labute approximate surface area is 92.4 Å². The number of aryl methyl sites for hydroxylation is 1. The number of hydrogen-bond acceptors (Lipinski definition) is 6. The van der Waals surface area contributed by atoms with E-state index in [1.54, 1.807) is 6.26 Å². The van der Waals surface area contributed by atoms with Gasteiger partial charge in [-0.2, -0.15) is 4.98 Å². The van der Waals surface area contributed by atoms with E-state index in [-0.39, 0.29) is 6.61 Å². The minimum Gasteiger partial charge on any atom is -0.461 e. The van der Waals surface area contributed by atoms with Crippen molar-refractivity contribution in [1.29, 1.82) is 0 Å². The van der Waals surface area contributed by atoms with Gasteiger partial charge in [0, 0.05) is 6.54 Å². The molecule has 6 nitrogen and oxygen atoms in total. The van der Waals surface area contributed by atoms with Gasteiger partial charge in [0.2, 0.25) is 5.82 Å². The Morgan fingerprint density at radius 2 is 2.38 bits per heavy atom. The zero-order valence-corrected chi connectivity index (χ0v) is 8.97. The van der Waals surface area contributed by atoms with Gasteiger partial charge in [-0.05, 0) is 18.6 Å². The van der Waals surface area contributed by atoms with Crippen LogP contribution in [0.3, 0.4) is 0 Å². The Morgan fingerprint density at radius 1 is 1.50 bits per heavy atom. The highest BCUT2D eigenvalue weighted by Crippen LogP contribution is 2.21. The standard InChI is InChI=1S/C10H13N3O3/c1-7-2-4-15-9(7)10-12-8(16-13-10)6-14-5-3-11/h2,4H,3,5-6,11H2,1H3. The Morgan fingerprint density at radius 3 is 3.06 bits per heavy atom. The molecule has 16 heavy (non-hydrogen) atoms. The van der Waals surface area contributed by atoms with Gasteiger partial charge in [0.25, 0.3) is 5.89 Å². The van der Waals surface area contributed by atoms with Gasteiger partial charge in [0.1, 0.15) is 6.61 Å². The summed E-state index contributed by atoms with van der Waals surface area (Å²) in [5, 5.41) is 3.81. The molecular formula is C10H13N3O3. The predicted octanol–water partition coefficient (Wildman–Crippen LogP) is 1.11. The summed E-state index contributed by atoms with van der Waals surface area (Å²) in [5.74, 6) is 1.47. The third kappa shape index (κ3) is 2.29. The van der Waals surface area contributed by atoms with E-state index < -0.39 is 0 Å². The smallest absolute Gasteiger partial charge is 0.253 e. The van der Waals surface area contributed by atoms with Gasteiger partial charge in [-0.25, -0.2) is 0 Å². The second-order valence-corrected chi connectivity index (χ2v) is 3.29. The maximum Gasteiger partial charge on any atom is 0.253 e. The maximum atomic E-state index is 5.29. The summed E-state index contributed by atoms with van der Waals surface area (Å²) in [7, 11) is 0. The molecule has 0 atom stereocenters. The number of furan rings is 1. The number of nitrogens with two attached hydrogens (primary N) is 1. The predicted molar refractivity (Wildman–Crippen MR) is 55.4 cm³/mol. The molecule has 2 rings (SSSR count). The molecular weight excluding hydrogens is 210 g/mol. The maximum absolute atomic E-state index is 5.29. The van der Waals surface area contributed by atoms with Crippen molar-refractivity contribution >= 4 is 0 Å². The van der Waals surface area contributed by atoms with E-state index in [2.05, 4.69) is 10.1 Å². The van der Waals surface area contributed by atoms with E-state index in [0.29, 0.717) is 30.6 Å². The number of ether oxygens (including phenoxy) is 1. The third-order valence-corrected chi connectivity index (χ3v) is 2.02. The summed E-state index contributed by atoms with van der Waals surface area (Å²) < 4.78 is 15.4. The first kappa shape index (κ1) is 10.8. The summed E-state index contributed by atoms with van der Waals surface area (Å²) in [5.41, 5.74) is 6.26. The molecule has 2 heterocycles. The zero-order valence-electron chi connectivity index (χ0n) is 8.97. The average molecular weight is 223 g/mol. The molecule has 0 aromatic carbocycles. The highest BCUT2D eigenvalue weighted by Gasteiger charge is 2.13. The molecule has 0 spiro atoms. The van der Waals surface area contributed by atoms with Crippen molar-refractivity contribution in [3.05, 3.63) is 23.8 Å². The SMILES string of the molecule is Cc1ccoc1-c1noc(COCCN)n1. The van der Waals surface area contributed by atoms with Gasteiger partial charge in [0.15, 0.2) is 5.76 Å². The Hall–Kier alpha value is -1.66. The first-order valence-corrected chi connectivity index (χ1v) is 4.96. The van der Waals surface area contributed by atoms with E-state index in [0.717, 1.165) is 5.56 Å². The highest BCUT2D eigenvalue weighted by molar-refractivity contribution is 5.50. The Bertz CT molecular complexity index is 450. The third-order valence-electron chi connectivity index (χ3n) is 2.02. The quantitative estimate of drug-likeness (QED) is 0.764. The molecule has 0 aliphatic heterocycles. The van der Waals surface area contributed by atoms with Gasteiger partial charge >= 0.3 is 0 Å². The second kappa shape index (κ2) is 4.91. The van der Waals surface area contributed by atoms with E-state index >= 15 is 0 Å². The molecule has 2 aromatic rings. The second-order valence-electron chi connectivity index (χ2n) is 3.29. The molecule has 0 saturated heterocycles. The zero-order chi connectivity index (χ0) is 11.4. The van der Waals surface area contributed by atoms with Gasteiger partial charge in [0.05, 0.1) is 12.9 Å². The average Bonchev–Trinajstić information content (AvgIpc) is 2.87. The van der Waals surface area contributed by atoms with Crippen molar-refractivity contribution in [3.8, 4) is 11.6 Å². The summed E-state index contributed by atoms with van der Waals surface area (Å²) in [6, 6.07) is 1.84. The van der Waals surface area contributed by atoms with Crippen molar-refractivity contribution in [2.45, 2.75) is 13.5 Å². The van der Waals surface area contributed by atoms with Crippen molar-refractivity contribution in [2.24, 2.45) is 5.73 Å². The molecule has 0 fully saturated rings. The fourth-order valence-electron chi connectivity index (χ4n) is 1.25. The fraction of sp³-hybridized carbons (Fsp3) is 0.400. The molecule has 0 amide bonds. The summed E-state index contributed by atoms with van der Waals surface area (Å²) >= 11 is 0. The lowest BCUT2D eigenvalue weighted by Crippen LogP contribution is -2.08. The largest absolute Gasteiger partial charge is 0.461 e. The lowest BCUT2D eigenvalue weighted by atomic mass is 10.3. The van der Waals surface area contributed by atoms with E-state index in [1.165, 1.54) is 0 Å². The lowest BCUT2D eigenvalue weighted by Gasteiger charge is -1.95. The molecule has 0 saturated carbocycles. The minimum absolute atomic E-state index is 0.268. The summed E-state index contributed by atoms with van der Waals surface area (Å²) in [6.45, 7) is 3.12. The van der Waals surface area contributed by atoms with Gasteiger partial charge in [-0.15, -0.1) is 0 Å². The van der Waals surface area contributed by atoms with Gasteiger partial charge in [-0.3, -0.25) is 0 Å². The molecule has 0 aliphatic rings. The van der Waals surface area contributed by atoms with Gasteiger partial charge in [-0.1, -0.05) is 5.16 Å². The number of nitrogens with zero attached hydrogens (tertiary/aromatic N) is 2.